The van der Waals surface area contributed by atoms with Crippen LogP contribution in [0, 0.1) is 18.3 Å². The molecule has 9 nitrogen and oxygen atoms in total. The van der Waals surface area contributed by atoms with E-state index in [4.69, 9.17) is 10.4 Å². The van der Waals surface area contributed by atoms with Gasteiger partial charge in [0.25, 0.3) is 5.56 Å². The first-order valence-electron chi connectivity index (χ1n) is 6.19. The number of carbonyl (C=O) groups is 1. The Bertz CT molecular complexity index is 924. The number of H-pyrrole nitrogens is 1. The molecule has 1 aromatic carbocycles. The number of carboxylic acids is 1. The third-order valence-corrected chi connectivity index (χ3v) is 3.00. The molecule has 0 spiro atoms. The third kappa shape index (κ3) is 3.01. The smallest absolute Gasteiger partial charge is 0.339 e. The van der Waals surface area contributed by atoms with E-state index in [1.807, 2.05) is 0 Å². The van der Waals surface area contributed by atoms with E-state index in [0.29, 0.717) is 0 Å². The molecule has 0 radical (unpaired) electrons. The maximum absolute atomic E-state index is 11.8. The molecule has 0 saturated carbocycles. The summed E-state index contributed by atoms with van der Waals surface area (Å²) in [5, 5.41) is 44.1. The van der Waals surface area contributed by atoms with E-state index in [9.17, 15) is 19.8 Å². The van der Waals surface area contributed by atoms with E-state index in [2.05, 4.69) is 15.2 Å². The quantitative estimate of drug-likeness (QED) is 0.634. The minimum absolute atomic E-state index is 0.0885. The van der Waals surface area contributed by atoms with Crippen molar-refractivity contribution in [2.45, 2.75) is 6.92 Å². The van der Waals surface area contributed by atoms with Gasteiger partial charge in [-0.05, 0) is 25.1 Å². The second-order valence-electron chi connectivity index (χ2n) is 4.47. The van der Waals surface area contributed by atoms with Crippen molar-refractivity contribution >= 4 is 17.3 Å². The van der Waals surface area contributed by atoms with Crippen LogP contribution >= 0.6 is 0 Å². The highest BCUT2D eigenvalue weighted by molar-refractivity contribution is 5.91. The van der Waals surface area contributed by atoms with Crippen molar-refractivity contribution in [1.29, 1.82) is 5.26 Å². The summed E-state index contributed by atoms with van der Waals surface area (Å²) in [6, 6.07) is 5.25. The maximum Gasteiger partial charge on any atom is 0.339 e. The monoisotopic (exact) mass is 314 g/mol. The van der Waals surface area contributed by atoms with E-state index < -0.39 is 23.2 Å². The molecule has 0 bridgehead atoms. The number of hydrogen-bond acceptors (Lipinski definition) is 7. The van der Waals surface area contributed by atoms with Gasteiger partial charge in [0.05, 0.1) is 5.69 Å². The predicted octanol–water partition coefficient (Wildman–Crippen LogP) is 2.08. The first kappa shape index (κ1) is 15.7. The van der Waals surface area contributed by atoms with Crippen LogP contribution in [0.1, 0.15) is 21.5 Å². The number of aromatic hydroxyl groups is 2. The maximum atomic E-state index is 11.8. The van der Waals surface area contributed by atoms with Gasteiger partial charge in [0.15, 0.2) is 5.69 Å². The molecule has 2 rings (SSSR count). The molecular formula is C14H10N4O5. The van der Waals surface area contributed by atoms with Gasteiger partial charge >= 0.3 is 5.97 Å². The van der Waals surface area contributed by atoms with Crippen LogP contribution < -0.4 is 5.56 Å². The van der Waals surface area contributed by atoms with Crippen LogP contribution in [0.15, 0.2) is 33.2 Å². The number of carboxylic acid groups (broad SMARTS) is 1. The second-order valence-corrected chi connectivity index (χ2v) is 4.47. The highest BCUT2D eigenvalue weighted by atomic mass is 16.4. The van der Waals surface area contributed by atoms with Crippen molar-refractivity contribution in [3.05, 3.63) is 45.2 Å². The average molecular weight is 314 g/mol. The number of nitriles is 1. The SMILES string of the molecule is Cc1c(C#N)c(O)[nH]c(=O)c1N=Nc1ccc(O)c(C(=O)O)c1. The van der Waals surface area contributed by atoms with Gasteiger partial charge in [-0.3, -0.25) is 9.78 Å². The van der Waals surface area contributed by atoms with Gasteiger partial charge in [0, 0.05) is 5.56 Å². The molecule has 23 heavy (non-hydrogen) atoms. The fraction of sp³-hybridized carbons (Fsp3) is 0.0714. The summed E-state index contributed by atoms with van der Waals surface area (Å²) >= 11 is 0. The van der Waals surface area contributed by atoms with Gasteiger partial charge < -0.3 is 15.3 Å². The summed E-state index contributed by atoms with van der Waals surface area (Å²) in [5.74, 6) is -2.33. The molecule has 116 valence electrons. The fourth-order valence-corrected chi connectivity index (χ4v) is 1.82. The average Bonchev–Trinajstić information content (AvgIpc) is 2.48. The lowest BCUT2D eigenvalue weighted by Crippen LogP contribution is -2.08. The minimum atomic E-state index is -1.34. The molecule has 0 aliphatic rings. The zero-order valence-corrected chi connectivity index (χ0v) is 11.7. The van der Waals surface area contributed by atoms with Crippen LogP contribution in [0.2, 0.25) is 0 Å². The number of aromatic carboxylic acids is 1. The number of nitrogens with one attached hydrogen (secondary N) is 1. The van der Waals surface area contributed by atoms with Gasteiger partial charge in [-0.15, -0.1) is 5.11 Å². The molecular weight excluding hydrogens is 304 g/mol. The van der Waals surface area contributed by atoms with E-state index in [0.717, 1.165) is 12.1 Å². The Kier molecular flexibility index (Phi) is 4.09. The fourth-order valence-electron chi connectivity index (χ4n) is 1.82. The Morgan fingerprint density at radius 1 is 1.30 bits per heavy atom. The summed E-state index contributed by atoms with van der Waals surface area (Å²) in [7, 11) is 0. The molecule has 0 saturated heterocycles. The topological polar surface area (TPSA) is 159 Å². The van der Waals surface area contributed by atoms with Crippen LogP contribution in [-0.4, -0.2) is 26.3 Å². The van der Waals surface area contributed by atoms with Gasteiger partial charge in [-0.2, -0.15) is 10.4 Å². The number of rotatable bonds is 3. The Labute approximate surface area is 128 Å². The number of phenols is 1. The van der Waals surface area contributed by atoms with Gasteiger partial charge in [-0.25, -0.2) is 4.79 Å². The van der Waals surface area contributed by atoms with Crippen LogP contribution in [0.4, 0.5) is 11.4 Å². The lowest BCUT2D eigenvalue weighted by Gasteiger charge is -2.03. The van der Waals surface area contributed by atoms with Gasteiger partial charge in [0.1, 0.15) is 22.9 Å². The first-order chi connectivity index (χ1) is 10.8. The van der Waals surface area contributed by atoms with E-state index in [-0.39, 0.29) is 28.1 Å². The minimum Gasteiger partial charge on any atom is -0.507 e. The highest BCUT2D eigenvalue weighted by Crippen LogP contribution is 2.27. The van der Waals surface area contributed by atoms with Gasteiger partial charge in [-0.1, -0.05) is 0 Å². The van der Waals surface area contributed by atoms with Crippen molar-refractivity contribution in [2.24, 2.45) is 10.2 Å². The number of aromatic nitrogens is 1. The molecule has 9 heteroatoms. The van der Waals surface area contributed by atoms with E-state index in [1.54, 1.807) is 6.07 Å². The molecule has 1 aromatic heterocycles. The molecule has 0 amide bonds. The summed E-state index contributed by atoms with van der Waals surface area (Å²) in [6.45, 7) is 1.42. The first-order valence-corrected chi connectivity index (χ1v) is 6.19. The van der Waals surface area contributed by atoms with Crippen LogP contribution in [-0.2, 0) is 0 Å². The third-order valence-electron chi connectivity index (χ3n) is 3.00. The Morgan fingerprint density at radius 2 is 2.00 bits per heavy atom. The van der Waals surface area contributed by atoms with E-state index >= 15 is 0 Å². The number of pyridine rings is 1. The summed E-state index contributed by atoms with van der Waals surface area (Å²) in [6.07, 6.45) is 0. The van der Waals surface area contributed by atoms with Crippen LogP contribution in [0.5, 0.6) is 11.6 Å². The second kappa shape index (κ2) is 5.98. The van der Waals surface area contributed by atoms with Crippen molar-refractivity contribution in [2.75, 3.05) is 0 Å². The number of azo groups is 1. The van der Waals surface area contributed by atoms with Crippen molar-refractivity contribution < 1.29 is 20.1 Å². The van der Waals surface area contributed by atoms with Crippen LogP contribution in [0.3, 0.4) is 0 Å². The van der Waals surface area contributed by atoms with Crippen LogP contribution in [0.25, 0.3) is 0 Å². The number of nitrogens with zero attached hydrogens (tertiary/aromatic N) is 3. The zero-order valence-electron chi connectivity index (χ0n) is 11.7. The number of aromatic amines is 1. The Morgan fingerprint density at radius 3 is 2.61 bits per heavy atom. The van der Waals surface area contributed by atoms with Gasteiger partial charge in [0.2, 0.25) is 5.88 Å². The highest BCUT2D eigenvalue weighted by Gasteiger charge is 2.14. The molecule has 0 atom stereocenters. The largest absolute Gasteiger partial charge is 0.507 e. The predicted molar refractivity (Wildman–Crippen MR) is 77.4 cm³/mol. The van der Waals surface area contributed by atoms with Crippen molar-refractivity contribution in [3.8, 4) is 17.7 Å². The lowest BCUT2D eigenvalue weighted by molar-refractivity contribution is 0.0693. The number of hydrogen-bond donors (Lipinski definition) is 4. The van der Waals surface area contributed by atoms with Crippen molar-refractivity contribution in [3.63, 3.8) is 0 Å². The molecule has 0 unspecified atom stereocenters. The Balaban J connectivity index is 2.50. The lowest BCUT2D eigenvalue weighted by atomic mass is 10.1. The molecule has 1 heterocycles. The standard InChI is InChI=1S/C14H10N4O5/c1-6-9(5-15)12(20)16-13(21)11(6)18-17-7-2-3-10(19)8(4-7)14(22)23/h2-4,19H,1H3,(H,22,23)(H2,16,20,21). The summed E-state index contributed by atoms with van der Waals surface area (Å²) in [4.78, 5) is 24.8. The molecule has 0 aliphatic carbocycles. The molecule has 4 N–H and O–H groups in total. The summed E-state index contributed by atoms with van der Waals surface area (Å²) < 4.78 is 0. The van der Waals surface area contributed by atoms with Crippen molar-refractivity contribution in [1.82, 2.24) is 4.98 Å². The molecule has 0 aliphatic heterocycles. The normalized spacial score (nSPS) is 10.6. The van der Waals surface area contributed by atoms with E-state index in [1.165, 1.54) is 13.0 Å². The Hall–Kier alpha value is -3.67. The zero-order chi connectivity index (χ0) is 17.1. The molecule has 0 fully saturated rings. The number of benzene rings is 1. The summed E-state index contributed by atoms with van der Waals surface area (Å²) in [5.41, 5.74) is -1.23. The molecule has 2 aromatic rings.